The Morgan fingerprint density at radius 3 is 2.19 bits per heavy atom. The summed E-state index contributed by atoms with van der Waals surface area (Å²) in [7, 11) is -1.81. The van der Waals surface area contributed by atoms with E-state index in [0.717, 1.165) is 12.8 Å². The average molecular weight is 251 g/mol. The second-order valence-corrected chi connectivity index (χ2v) is 6.12. The van der Waals surface area contributed by atoms with E-state index in [1.165, 1.54) is 4.31 Å². The lowest BCUT2D eigenvalue weighted by Crippen LogP contribution is -2.50. The van der Waals surface area contributed by atoms with Crippen molar-refractivity contribution in [3.05, 3.63) is 0 Å². The van der Waals surface area contributed by atoms with E-state index in [4.69, 9.17) is 5.73 Å². The Hall–Kier alpha value is -0.170. The highest BCUT2D eigenvalue weighted by molar-refractivity contribution is 7.87. The molecule has 0 saturated carbocycles. The molecule has 0 unspecified atom stereocenters. The number of nitrogens with zero attached hydrogens (tertiary/aromatic N) is 1. The van der Waals surface area contributed by atoms with Gasteiger partial charge >= 0.3 is 0 Å². The minimum atomic E-state index is -3.39. The maximum atomic E-state index is 11.9. The first-order chi connectivity index (χ1) is 7.31. The van der Waals surface area contributed by atoms with Crippen LogP contribution in [0.4, 0.5) is 0 Å². The van der Waals surface area contributed by atoms with E-state index in [0.29, 0.717) is 19.5 Å². The van der Waals surface area contributed by atoms with Gasteiger partial charge in [-0.1, -0.05) is 13.8 Å². The molecule has 98 valence electrons. The molecule has 0 radical (unpaired) electrons. The number of hydrogen-bond acceptors (Lipinski definition) is 3. The molecule has 0 aromatic heterocycles. The SMILES string of the molecule is CCC(C)(CC)NS(=O)(=O)N(C)CCCN. The quantitative estimate of drug-likeness (QED) is 0.666. The van der Waals surface area contributed by atoms with Crippen LogP contribution in [0.2, 0.25) is 0 Å². The highest BCUT2D eigenvalue weighted by Crippen LogP contribution is 2.15. The fourth-order valence-corrected chi connectivity index (χ4v) is 2.65. The molecule has 0 saturated heterocycles. The molecule has 0 aromatic carbocycles. The zero-order valence-corrected chi connectivity index (χ0v) is 11.6. The molecule has 0 amide bonds. The lowest BCUT2D eigenvalue weighted by molar-refractivity contribution is 0.365. The monoisotopic (exact) mass is 251 g/mol. The van der Waals surface area contributed by atoms with Crippen molar-refractivity contribution in [1.82, 2.24) is 9.03 Å². The van der Waals surface area contributed by atoms with Gasteiger partial charge in [-0.3, -0.25) is 0 Å². The predicted molar refractivity (Wildman–Crippen MR) is 67.3 cm³/mol. The van der Waals surface area contributed by atoms with Crippen LogP contribution in [0.1, 0.15) is 40.0 Å². The summed E-state index contributed by atoms with van der Waals surface area (Å²) in [6, 6.07) is 0. The van der Waals surface area contributed by atoms with Gasteiger partial charge in [0, 0.05) is 19.1 Å². The zero-order chi connectivity index (χ0) is 12.8. The van der Waals surface area contributed by atoms with Crippen molar-refractivity contribution < 1.29 is 8.42 Å². The molecule has 0 rings (SSSR count). The first kappa shape index (κ1) is 15.8. The van der Waals surface area contributed by atoms with Crippen LogP contribution in [0, 0.1) is 0 Å². The number of rotatable bonds is 8. The van der Waals surface area contributed by atoms with Crippen molar-refractivity contribution in [2.45, 2.75) is 45.6 Å². The summed E-state index contributed by atoms with van der Waals surface area (Å²) in [5, 5.41) is 0. The largest absolute Gasteiger partial charge is 0.330 e. The van der Waals surface area contributed by atoms with Crippen LogP contribution in [-0.2, 0) is 10.2 Å². The molecular weight excluding hydrogens is 226 g/mol. The van der Waals surface area contributed by atoms with Gasteiger partial charge in [-0.05, 0) is 32.7 Å². The fourth-order valence-electron chi connectivity index (χ4n) is 1.22. The summed E-state index contributed by atoms with van der Waals surface area (Å²) < 4.78 is 27.9. The maximum absolute atomic E-state index is 11.9. The first-order valence-corrected chi connectivity index (χ1v) is 7.20. The molecule has 0 aliphatic carbocycles. The zero-order valence-electron chi connectivity index (χ0n) is 10.8. The smallest absolute Gasteiger partial charge is 0.279 e. The second-order valence-electron chi connectivity index (χ2n) is 4.34. The van der Waals surface area contributed by atoms with E-state index in [9.17, 15) is 8.42 Å². The Labute approximate surface area is 99.6 Å². The Balaban J connectivity index is 4.55. The molecule has 0 spiro atoms. The third-order valence-electron chi connectivity index (χ3n) is 3.02. The summed E-state index contributed by atoms with van der Waals surface area (Å²) in [5.74, 6) is 0. The van der Waals surface area contributed by atoms with Gasteiger partial charge in [-0.2, -0.15) is 17.4 Å². The third kappa shape index (κ3) is 4.78. The van der Waals surface area contributed by atoms with E-state index in [1.807, 2.05) is 20.8 Å². The number of nitrogens with one attached hydrogen (secondary N) is 1. The standard InChI is InChI=1S/C10H25N3O2S/c1-5-10(3,6-2)12-16(14,15)13(4)9-7-8-11/h12H,5-9,11H2,1-4H3. The molecule has 0 fully saturated rings. The van der Waals surface area contributed by atoms with E-state index in [2.05, 4.69) is 4.72 Å². The van der Waals surface area contributed by atoms with Gasteiger partial charge in [-0.25, -0.2) is 0 Å². The van der Waals surface area contributed by atoms with Crippen LogP contribution in [0.15, 0.2) is 0 Å². The van der Waals surface area contributed by atoms with Gasteiger partial charge in [0.1, 0.15) is 0 Å². The number of hydrogen-bond donors (Lipinski definition) is 2. The molecule has 3 N–H and O–H groups in total. The van der Waals surface area contributed by atoms with Crippen molar-refractivity contribution in [2.24, 2.45) is 5.73 Å². The van der Waals surface area contributed by atoms with E-state index >= 15 is 0 Å². The first-order valence-electron chi connectivity index (χ1n) is 5.76. The minimum Gasteiger partial charge on any atom is -0.330 e. The normalized spacial score (nSPS) is 13.4. The molecule has 6 heteroatoms. The van der Waals surface area contributed by atoms with Crippen LogP contribution < -0.4 is 10.5 Å². The van der Waals surface area contributed by atoms with Crippen molar-refractivity contribution in [3.63, 3.8) is 0 Å². The minimum absolute atomic E-state index is 0.365. The molecule has 0 atom stereocenters. The van der Waals surface area contributed by atoms with Crippen LogP contribution in [0.3, 0.4) is 0 Å². The lowest BCUT2D eigenvalue weighted by atomic mass is 9.98. The molecule has 0 heterocycles. The summed E-state index contributed by atoms with van der Waals surface area (Å²) in [6.07, 6.45) is 2.22. The highest BCUT2D eigenvalue weighted by Gasteiger charge is 2.28. The second kappa shape index (κ2) is 6.54. The van der Waals surface area contributed by atoms with E-state index < -0.39 is 10.2 Å². The van der Waals surface area contributed by atoms with Crippen molar-refractivity contribution >= 4 is 10.2 Å². The van der Waals surface area contributed by atoms with Gasteiger partial charge in [-0.15, -0.1) is 0 Å². The fraction of sp³-hybridized carbons (Fsp3) is 1.00. The Morgan fingerprint density at radius 2 is 1.81 bits per heavy atom. The van der Waals surface area contributed by atoms with Crippen LogP contribution in [-0.4, -0.2) is 38.4 Å². The average Bonchev–Trinajstić information content (AvgIpc) is 2.24. The van der Waals surface area contributed by atoms with Crippen molar-refractivity contribution in [2.75, 3.05) is 20.1 Å². The molecule has 0 aliphatic heterocycles. The topological polar surface area (TPSA) is 75.4 Å². The lowest BCUT2D eigenvalue weighted by Gasteiger charge is -2.30. The predicted octanol–water partition coefficient (Wildman–Crippen LogP) is 0.680. The van der Waals surface area contributed by atoms with Gasteiger partial charge in [0.15, 0.2) is 0 Å². The maximum Gasteiger partial charge on any atom is 0.279 e. The third-order valence-corrected chi connectivity index (χ3v) is 4.78. The van der Waals surface area contributed by atoms with Gasteiger partial charge in [0.25, 0.3) is 10.2 Å². The molecule has 0 aliphatic rings. The van der Waals surface area contributed by atoms with Crippen molar-refractivity contribution in [3.8, 4) is 0 Å². The van der Waals surface area contributed by atoms with Crippen LogP contribution in [0.5, 0.6) is 0 Å². The molecule has 5 nitrogen and oxygen atoms in total. The summed E-state index contributed by atoms with van der Waals surface area (Å²) >= 11 is 0. The number of nitrogens with two attached hydrogens (primary N) is 1. The highest BCUT2D eigenvalue weighted by atomic mass is 32.2. The molecular formula is C10H25N3O2S. The molecule has 0 aromatic rings. The summed E-state index contributed by atoms with van der Waals surface area (Å²) in [5.41, 5.74) is 4.99. The Morgan fingerprint density at radius 1 is 1.31 bits per heavy atom. The molecule has 16 heavy (non-hydrogen) atoms. The van der Waals surface area contributed by atoms with Crippen LogP contribution >= 0.6 is 0 Å². The van der Waals surface area contributed by atoms with Crippen LogP contribution in [0.25, 0.3) is 0 Å². The van der Waals surface area contributed by atoms with Gasteiger partial charge < -0.3 is 5.73 Å². The van der Waals surface area contributed by atoms with E-state index in [-0.39, 0.29) is 5.54 Å². The Bertz CT molecular complexity index is 286. The van der Waals surface area contributed by atoms with Gasteiger partial charge in [0.2, 0.25) is 0 Å². The van der Waals surface area contributed by atoms with Gasteiger partial charge in [0.05, 0.1) is 0 Å². The van der Waals surface area contributed by atoms with Crippen molar-refractivity contribution in [1.29, 1.82) is 0 Å². The Kier molecular flexibility index (Phi) is 6.47. The summed E-state index contributed by atoms with van der Waals surface area (Å²) in [6.45, 7) is 6.83. The summed E-state index contributed by atoms with van der Waals surface area (Å²) in [4.78, 5) is 0. The van der Waals surface area contributed by atoms with E-state index in [1.54, 1.807) is 7.05 Å². The molecule has 0 bridgehead atoms.